The Labute approximate surface area is 322 Å². The minimum Gasteiger partial charge on any atom is -0.507 e. The highest BCUT2D eigenvalue weighted by molar-refractivity contribution is 6.04. The smallest absolute Gasteiger partial charge is 0.255 e. The normalized spacial score (nSPS) is 13.8. The Balaban J connectivity index is 1.06. The number of carbonyl (C=O) groups is 1. The Morgan fingerprint density at radius 1 is 0.907 bits per heavy atom. The number of aromatic hydroxyl groups is 1. The fraction of sp³-hybridized carbons (Fsp3) is 0.438. The molecule has 286 valence electrons. The second kappa shape index (κ2) is 18.3. The first-order chi connectivity index (χ1) is 26.1. The van der Waals surface area contributed by atoms with E-state index in [1.165, 1.54) is 98.0 Å². The van der Waals surface area contributed by atoms with E-state index >= 15 is 0 Å². The number of carbonyl (C=O) groups excluding carboxylic acids is 1. The van der Waals surface area contributed by atoms with Crippen molar-refractivity contribution in [3.8, 4) is 16.9 Å². The topological polar surface area (TPSA) is 57.5 Å². The highest BCUT2D eigenvalue weighted by Gasteiger charge is 2.26. The predicted octanol–water partition coefficient (Wildman–Crippen LogP) is 12.2. The molecule has 5 aromatic rings. The Morgan fingerprint density at radius 3 is 2.33 bits per heavy atom. The van der Waals surface area contributed by atoms with Gasteiger partial charge >= 0.3 is 0 Å². The number of hydrogen-bond donors (Lipinski definition) is 2. The van der Waals surface area contributed by atoms with E-state index in [0.717, 1.165) is 60.4 Å². The van der Waals surface area contributed by atoms with Gasteiger partial charge in [-0.2, -0.15) is 0 Å². The molecule has 0 spiro atoms. The molecule has 0 radical (unpaired) electrons. The lowest BCUT2D eigenvalue weighted by Crippen LogP contribution is -2.28. The highest BCUT2D eigenvalue weighted by Crippen LogP contribution is 2.46. The van der Waals surface area contributed by atoms with E-state index in [-0.39, 0.29) is 17.5 Å². The fourth-order valence-corrected chi connectivity index (χ4v) is 8.04. The number of amides is 1. The molecule has 1 fully saturated rings. The molecule has 5 nitrogen and oxygen atoms in total. The molecule has 6 heteroatoms. The lowest BCUT2D eigenvalue weighted by atomic mass is 9.76. The third kappa shape index (κ3) is 9.44. The van der Waals surface area contributed by atoms with Crippen molar-refractivity contribution >= 4 is 22.5 Å². The summed E-state index contributed by atoms with van der Waals surface area (Å²) < 4.78 is 16.1. The highest BCUT2D eigenvalue weighted by atomic mass is 19.1. The van der Waals surface area contributed by atoms with Crippen molar-refractivity contribution in [2.75, 3.05) is 25.0 Å². The summed E-state index contributed by atoms with van der Waals surface area (Å²) in [6, 6.07) is 24.5. The molecule has 1 aliphatic carbocycles. The van der Waals surface area contributed by atoms with Gasteiger partial charge in [-0.1, -0.05) is 70.4 Å². The Morgan fingerprint density at radius 2 is 1.65 bits per heavy atom. The third-order valence-electron chi connectivity index (χ3n) is 11.9. The van der Waals surface area contributed by atoms with Gasteiger partial charge in [0, 0.05) is 46.0 Å². The lowest BCUT2D eigenvalue weighted by Gasteiger charge is -2.29. The molecule has 1 aromatic heterocycles. The number of phenols is 1. The number of phenolic OH excluding ortho intramolecular Hbond substituents is 1. The average molecular weight is 730 g/mol. The first kappa shape index (κ1) is 39.3. The van der Waals surface area contributed by atoms with Crippen molar-refractivity contribution in [2.45, 2.75) is 111 Å². The molecule has 1 aliphatic rings. The molecule has 0 saturated heterocycles. The number of halogens is 1. The van der Waals surface area contributed by atoms with E-state index in [2.05, 4.69) is 67.6 Å². The number of anilines is 1. The summed E-state index contributed by atoms with van der Waals surface area (Å²) in [5.41, 5.74) is 10.0. The lowest BCUT2D eigenvalue weighted by molar-refractivity contribution is 0.102. The maximum absolute atomic E-state index is 13.6. The van der Waals surface area contributed by atoms with Crippen LogP contribution in [0.5, 0.6) is 5.75 Å². The van der Waals surface area contributed by atoms with E-state index in [4.69, 9.17) is 0 Å². The zero-order valence-corrected chi connectivity index (χ0v) is 33.2. The molecule has 1 heterocycles. The van der Waals surface area contributed by atoms with Gasteiger partial charge in [0.15, 0.2) is 0 Å². The summed E-state index contributed by atoms with van der Waals surface area (Å²) in [7, 11) is 0. The van der Waals surface area contributed by atoms with Crippen LogP contribution < -0.4 is 5.32 Å². The Bertz CT molecular complexity index is 2010. The number of rotatable bonds is 18. The molecule has 1 unspecified atom stereocenters. The van der Waals surface area contributed by atoms with Gasteiger partial charge in [0.1, 0.15) is 11.6 Å². The molecule has 1 amide bonds. The van der Waals surface area contributed by atoms with Crippen LogP contribution in [0.25, 0.3) is 22.0 Å². The van der Waals surface area contributed by atoms with Crippen molar-refractivity contribution in [2.24, 2.45) is 5.92 Å². The zero-order valence-electron chi connectivity index (χ0n) is 33.2. The number of nitrogens with zero attached hydrogens (tertiary/aromatic N) is 2. The Kier molecular flexibility index (Phi) is 13.3. The quantitative estimate of drug-likeness (QED) is 0.0883. The van der Waals surface area contributed by atoms with Crippen LogP contribution in [0.4, 0.5) is 10.1 Å². The van der Waals surface area contributed by atoms with Crippen molar-refractivity contribution in [3.63, 3.8) is 0 Å². The van der Waals surface area contributed by atoms with Crippen molar-refractivity contribution in [3.05, 3.63) is 118 Å². The number of unbranched alkanes of at least 4 members (excludes halogenated alkanes) is 2. The van der Waals surface area contributed by atoms with Crippen LogP contribution in [0.2, 0.25) is 0 Å². The van der Waals surface area contributed by atoms with E-state index < -0.39 is 0 Å². The Hall–Kier alpha value is -4.42. The van der Waals surface area contributed by atoms with Crippen molar-refractivity contribution in [1.29, 1.82) is 0 Å². The van der Waals surface area contributed by atoms with Crippen LogP contribution in [0.15, 0.2) is 78.9 Å². The summed E-state index contributed by atoms with van der Waals surface area (Å²) in [5, 5.41) is 15.4. The summed E-state index contributed by atoms with van der Waals surface area (Å²) in [4.78, 5) is 16.0. The molecule has 6 rings (SSSR count). The molecular weight excluding hydrogens is 670 g/mol. The van der Waals surface area contributed by atoms with Crippen molar-refractivity contribution in [1.82, 2.24) is 9.47 Å². The molecule has 1 saturated carbocycles. The summed E-state index contributed by atoms with van der Waals surface area (Å²) in [6.45, 7) is 16.2. The number of benzene rings is 4. The monoisotopic (exact) mass is 729 g/mol. The van der Waals surface area contributed by atoms with Crippen LogP contribution in [0.3, 0.4) is 0 Å². The molecule has 0 bridgehead atoms. The number of hydrogen-bond acceptors (Lipinski definition) is 3. The summed E-state index contributed by atoms with van der Waals surface area (Å²) in [6.07, 6.45) is 11.5. The largest absolute Gasteiger partial charge is 0.507 e. The van der Waals surface area contributed by atoms with Gasteiger partial charge in [-0.05, 0) is 161 Å². The van der Waals surface area contributed by atoms with Gasteiger partial charge in [-0.25, -0.2) is 4.39 Å². The van der Waals surface area contributed by atoms with Crippen LogP contribution in [0, 0.1) is 25.6 Å². The second-order valence-electron chi connectivity index (χ2n) is 15.8. The summed E-state index contributed by atoms with van der Waals surface area (Å²) in [5.74, 6) is 0.675. The average Bonchev–Trinajstić information content (AvgIpc) is 3.37. The van der Waals surface area contributed by atoms with Gasteiger partial charge in [0.05, 0.1) is 0 Å². The van der Waals surface area contributed by atoms with Gasteiger partial charge in [0.2, 0.25) is 0 Å². The number of nitrogens with one attached hydrogen (secondary N) is 1. The van der Waals surface area contributed by atoms with Crippen molar-refractivity contribution < 1.29 is 14.3 Å². The van der Waals surface area contributed by atoms with Crippen LogP contribution in [-0.4, -0.2) is 40.1 Å². The fourth-order valence-electron chi connectivity index (χ4n) is 8.04. The minimum atomic E-state index is -0.312. The van der Waals surface area contributed by atoms with Gasteiger partial charge in [-0.15, -0.1) is 0 Å². The first-order valence-corrected chi connectivity index (χ1v) is 20.5. The molecule has 0 aliphatic heterocycles. The second-order valence-corrected chi connectivity index (χ2v) is 15.8. The van der Waals surface area contributed by atoms with Crippen LogP contribution in [0.1, 0.15) is 123 Å². The minimum absolute atomic E-state index is 0.0893. The van der Waals surface area contributed by atoms with E-state index in [9.17, 15) is 14.3 Å². The van der Waals surface area contributed by atoms with Crippen LogP contribution >= 0.6 is 0 Å². The number of aromatic nitrogens is 1. The zero-order chi connectivity index (χ0) is 38.2. The maximum atomic E-state index is 13.6. The van der Waals surface area contributed by atoms with E-state index in [1.807, 2.05) is 30.3 Å². The van der Waals surface area contributed by atoms with E-state index in [1.54, 1.807) is 18.2 Å². The van der Waals surface area contributed by atoms with E-state index in [0.29, 0.717) is 17.2 Å². The molecule has 1 atom stereocenters. The molecule has 54 heavy (non-hydrogen) atoms. The van der Waals surface area contributed by atoms with Gasteiger partial charge < -0.3 is 19.9 Å². The molecule has 2 N–H and O–H groups in total. The summed E-state index contributed by atoms with van der Waals surface area (Å²) >= 11 is 0. The van der Waals surface area contributed by atoms with Gasteiger partial charge in [0.25, 0.3) is 5.91 Å². The number of fused-ring (bicyclic) bond motifs is 1. The van der Waals surface area contributed by atoms with Crippen LogP contribution in [-0.2, 0) is 13.0 Å². The molecular formula is C48H60FN3O2. The number of aryl methyl sites for hydroxylation is 2. The maximum Gasteiger partial charge on any atom is 0.255 e. The third-order valence-corrected chi connectivity index (χ3v) is 11.9. The standard InChI is InChI=1S/C48H60FN3O2/c1-6-25-51(28-24-33(3)7-2)26-9-8-10-27-52-35(5)34(4)43-30-37(16-23-45(43)52)29-36-14-17-40(18-15-36)48(54)50-42-31-44(38-12-11-13-38)47(46(53)32-42)39-19-21-41(49)22-20-39/h14-23,30-33,38,53H,6-13,24-29H2,1-5H3,(H,50,54). The van der Waals surface area contributed by atoms with Gasteiger partial charge in [-0.3, -0.25) is 4.79 Å². The SMILES string of the molecule is CCCN(CCCCCn1c(C)c(C)c2cc(Cc3ccc(C(=O)Nc4cc(O)c(-c5ccc(F)cc5)c(C5CCC5)c4)cc3)ccc21)CCC(C)CC. The first-order valence-electron chi connectivity index (χ1n) is 20.5. The molecule has 4 aromatic carbocycles. The predicted molar refractivity (Wildman–Crippen MR) is 223 cm³/mol.